The monoisotopic (exact) mass is 442 g/mol. The van der Waals surface area contributed by atoms with Crippen LogP contribution < -0.4 is 9.46 Å². The summed E-state index contributed by atoms with van der Waals surface area (Å²) in [6.07, 6.45) is 5.50. The molecule has 160 valence electrons. The average molecular weight is 443 g/mol. The van der Waals surface area contributed by atoms with Crippen LogP contribution in [-0.4, -0.2) is 63.4 Å². The van der Waals surface area contributed by atoms with E-state index in [-0.39, 0.29) is 36.6 Å². The number of hydrogen-bond acceptors (Lipinski definition) is 5. The van der Waals surface area contributed by atoms with E-state index in [1.165, 1.54) is 0 Å². The number of halogens is 1. The van der Waals surface area contributed by atoms with Crippen LogP contribution in [0.3, 0.4) is 0 Å². The lowest BCUT2D eigenvalue weighted by Crippen LogP contribution is -2.50. The number of nitrogens with one attached hydrogen (secondary N) is 1. The van der Waals surface area contributed by atoms with Gasteiger partial charge in [-0.15, -0.1) is 0 Å². The first-order valence-electron chi connectivity index (χ1n) is 10.1. The highest BCUT2D eigenvalue weighted by Crippen LogP contribution is 2.42. The lowest BCUT2D eigenvalue weighted by atomic mass is 9.82. The van der Waals surface area contributed by atoms with Gasteiger partial charge >= 0.3 is 0 Å². The Labute approximate surface area is 176 Å². The van der Waals surface area contributed by atoms with Gasteiger partial charge in [-0.3, -0.25) is 4.79 Å². The number of amides is 1. The van der Waals surface area contributed by atoms with Crippen molar-refractivity contribution in [3.8, 4) is 5.75 Å². The van der Waals surface area contributed by atoms with Crippen LogP contribution >= 0.6 is 11.6 Å². The molecule has 1 saturated heterocycles. The van der Waals surface area contributed by atoms with Gasteiger partial charge < -0.3 is 14.4 Å². The molecule has 5 rings (SSSR count). The van der Waals surface area contributed by atoms with E-state index < -0.39 is 10.0 Å². The summed E-state index contributed by atoms with van der Waals surface area (Å²) in [5.41, 5.74) is 0.981. The topological polar surface area (TPSA) is 84.9 Å². The molecular weight excluding hydrogens is 416 g/mol. The van der Waals surface area contributed by atoms with Gasteiger partial charge in [-0.05, 0) is 50.2 Å². The van der Waals surface area contributed by atoms with E-state index in [2.05, 4.69) is 4.72 Å². The molecule has 0 unspecified atom stereocenters. The zero-order valence-electron chi connectivity index (χ0n) is 16.5. The Morgan fingerprint density at radius 2 is 1.93 bits per heavy atom. The maximum Gasteiger partial charge on any atom is 0.260 e. The Morgan fingerprint density at radius 1 is 1.17 bits per heavy atom. The van der Waals surface area contributed by atoms with Gasteiger partial charge in [0, 0.05) is 23.2 Å². The van der Waals surface area contributed by atoms with Crippen molar-refractivity contribution in [3.05, 3.63) is 28.8 Å². The minimum Gasteiger partial charge on any atom is -0.483 e. The summed E-state index contributed by atoms with van der Waals surface area (Å²) in [7, 11) is -3.38. The molecule has 1 N–H and O–H groups in total. The predicted molar refractivity (Wildman–Crippen MR) is 110 cm³/mol. The van der Waals surface area contributed by atoms with Crippen LogP contribution in [0.15, 0.2) is 18.2 Å². The van der Waals surface area contributed by atoms with E-state index in [0.717, 1.165) is 37.5 Å². The molecule has 4 aliphatic rings. The molecule has 2 bridgehead atoms. The molecule has 0 aromatic heterocycles. The number of carbonyl (C=O) groups excluding carboxylic acids is 1. The molecule has 1 saturated carbocycles. The summed E-state index contributed by atoms with van der Waals surface area (Å²) in [6.45, 7) is 0.687. The number of rotatable bonds is 2. The molecule has 1 amide bonds. The summed E-state index contributed by atoms with van der Waals surface area (Å²) in [6, 6.07) is 4.88. The van der Waals surface area contributed by atoms with Gasteiger partial charge in [0.25, 0.3) is 5.91 Å². The van der Waals surface area contributed by atoms with E-state index in [0.29, 0.717) is 30.3 Å². The third-order valence-electron chi connectivity index (χ3n) is 6.18. The van der Waals surface area contributed by atoms with Crippen molar-refractivity contribution in [3.63, 3.8) is 0 Å². The first-order valence-corrected chi connectivity index (χ1v) is 12.4. The molecule has 29 heavy (non-hydrogen) atoms. The van der Waals surface area contributed by atoms with Crippen LogP contribution in [0.4, 0.5) is 0 Å². The van der Waals surface area contributed by atoms with Crippen molar-refractivity contribution in [1.29, 1.82) is 0 Å². The Hall–Kier alpha value is -1.35. The van der Waals surface area contributed by atoms with Crippen LogP contribution in [0.2, 0.25) is 5.02 Å². The summed E-state index contributed by atoms with van der Waals surface area (Å²) < 4.78 is 38.3. The van der Waals surface area contributed by atoms with Crippen LogP contribution in [-0.2, 0) is 19.6 Å². The predicted octanol–water partition coefficient (Wildman–Crippen LogP) is 2.29. The molecule has 1 aliphatic carbocycles. The Bertz CT molecular complexity index is 870. The van der Waals surface area contributed by atoms with Gasteiger partial charge in [0.05, 0.1) is 25.0 Å². The molecule has 2 atom stereocenters. The van der Waals surface area contributed by atoms with Gasteiger partial charge in [-0.2, -0.15) is 0 Å². The highest BCUT2D eigenvalue weighted by atomic mass is 35.5. The first-order chi connectivity index (χ1) is 13.8. The molecule has 2 fully saturated rings. The summed E-state index contributed by atoms with van der Waals surface area (Å²) in [5.74, 6) is 0.777. The third-order valence-corrected chi connectivity index (χ3v) is 7.24. The molecular formula is C20H27ClN2O5S. The number of ether oxygens (including phenoxy) is 2. The second kappa shape index (κ2) is 8.41. The number of benzene rings is 1. The quantitative estimate of drug-likeness (QED) is 0.759. The normalized spacial score (nSPS) is 30.6. The number of hydrogen-bond donors (Lipinski definition) is 1. The molecule has 3 heterocycles. The number of carbonyl (C=O) groups is 1. The van der Waals surface area contributed by atoms with Crippen molar-refractivity contribution < 1.29 is 22.7 Å². The van der Waals surface area contributed by atoms with Crippen LogP contribution in [0, 0.1) is 0 Å². The van der Waals surface area contributed by atoms with Crippen molar-refractivity contribution in [2.24, 2.45) is 0 Å². The number of fused-ring (bicyclic) bond motifs is 5. The minimum atomic E-state index is -3.38. The smallest absolute Gasteiger partial charge is 0.260 e. The molecule has 1 aromatic carbocycles. The Morgan fingerprint density at radius 3 is 2.66 bits per heavy atom. The SMILES string of the molecule is CS(=O)(=O)N[C@H]1CCN2C(=O)COc3cccc(Cl)c3[C@H]3CC[C@H](CC3)OC[C@@H]12. The van der Waals surface area contributed by atoms with Crippen molar-refractivity contribution >= 4 is 27.5 Å². The molecule has 1 aromatic rings. The lowest BCUT2D eigenvalue weighted by molar-refractivity contribution is -0.136. The largest absolute Gasteiger partial charge is 0.483 e. The second-order valence-corrected chi connectivity index (χ2v) is 10.4. The minimum absolute atomic E-state index is 0.106. The maximum atomic E-state index is 12.9. The molecule has 7 nitrogen and oxygen atoms in total. The average Bonchev–Trinajstić information content (AvgIpc) is 3.05. The van der Waals surface area contributed by atoms with Gasteiger partial charge in [0.15, 0.2) is 6.61 Å². The molecule has 0 spiro atoms. The van der Waals surface area contributed by atoms with Crippen LogP contribution in [0.1, 0.15) is 43.6 Å². The molecule has 3 aliphatic heterocycles. The number of sulfonamides is 1. The zero-order chi connectivity index (χ0) is 20.6. The highest BCUT2D eigenvalue weighted by Gasteiger charge is 2.40. The maximum absolute atomic E-state index is 12.9. The number of nitrogens with zero attached hydrogens (tertiary/aromatic N) is 1. The van der Waals surface area contributed by atoms with Gasteiger partial charge in [0.2, 0.25) is 10.0 Å². The van der Waals surface area contributed by atoms with E-state index in [1.807, 2.05) is 18.2 Å². The Kier molecular flexibility index (Phi) is 6.06. The van der Waals surface area contributed by atoms with E-state index >= 15 is 0 Å². The standard InChI is InChI=1S/C20H27ClN2O5S/c1-29(25,26)22-16-9-10-23-17(16)11-27-14-7-5-13(6-8-14)20-15(21)3-2-4-18(20)28-12-19(23)24/h2-4,13-14,16-17,22H,5-12H2,1H3/t13-,14+,16-,17-/m0/s1. The molecule has 0 radical (unpaired) electrons. The fourth-order valence-electron chi connectivity index (χ4n) is 4.80. The van der Waals surface area contributed by atoms with Gasteiger partial charge in [0.1, 0.15) is 5.75 Å². The lowest BCUT2D eigenvalue weighted by Gasteiger charge is -2.32. The summed E-state index contributed by atoms with van der Waals surface area (Å²) in [4.78, 5) is 14.6. The van der Waals surface area contributed by atoms with Gasteiger partial charge in [-0.25, -0.2) is 13.1 Å². The van der Waals surface area contributed by atoms with Crippen molar-refractivity contribution in [2.75, 3.05) is 26.0 Å². The van der Waals surface area contributed by atoms with E-state index in [4.69, 9.17) is 21.1 Å². The molecule has 9 heteroatoms. The second-order valence-electron chi connectivity index (χ2n) is 8.19. The van der Waals surface area contributed by atoms with Crippen LogP contribution in [0.5, 0.6) is 5.75 Å². The first kappa shape index (κ1) is 20.9. The van der Waals surface area contributed by atoms with Crippen LogP contribution in [0.25, 0.3) is 0 Å². The zero-order valence-corrected chi connectivity index (χ0v) is 18.0. The third kappa shape index (κ3) is 4.71. The highest BCUT2D eigenvalue weighted by molar-refractivity contribution is 7.88. The summed E-state index contributed by atoms with van der Waals surface area (Å²) in [5, 5.41) is 0.672. The van der Waals surface area contributed by atoms with E-state index in [1.54, 1.807) is 4.90 Å². The van der Waals surface area contributed by atoms with Crippen molar-refractivity contribution in [1.82, 2.24) is 9.62 Å². The van der Waals surface area contributed by atoms with Crippen molar-refractivity contribution in [2.45, 2.75) is 56.2 Å². The summed E-state index contributed by atoms with van der Waals surface area (Å²) >= 11 is 6.49. The Balaban J connectivity index is 1.61. The fraction of sp³-hybridized carbons (Fsp3) is 0.650. The van der Waals surface area contributed by atoms with Gasteiger partial charge in [-0.1, -0.05) is 17.7 Å². The van der Waals surface area contributed by atoms with E-state index in [9.17, 15) is 13.2 Å². The fourth-order valence-corrected chi connectivity index (χ4v) is 5.94.